The highest BCUT2D eigenvalue weighted by molar-refractivity contribution is 6.48. The van der Waals surface area contributed by atoms with Gasteiger partial charge in [0.2, 0.25) is 0 Å². The third kappa shape index (κ3) is 7.16. The van der Waals surface area contributed by atoms with Crippen LogP contribution in [0.25, 0.3) is 5.70 Å². The number of carbonyl (C=O) groups excluding carboxylic acids is 1. The van der Waals surface area contributed by atoms with Crippen molar-refractivity contribution < 1.29 is 13.9 Å². The molecule has 1 aromatic carbocycles. The van der Waals surface area contributed by atoms with Crippen molar-refractivity contribution in [3.05, 3.63) is 42.2 Å². The van der Waals surface area contributed by atoms with Gasteiger partial charge in [-0.1, -0.05) is 6.58 Å². The smallest absolute Gasteiger partial charge is 0.279 e. The second kappa shape index (κ2) is 11.9. The molecule has 0 spiro atoms. The van der Waals surface area contributed by atoms with Crippen LogP contribution in [0.3, 0.4) is 0 Å². The second-order valence-electron chi connectivity index (χ2n) is 6.90. The van der Waals surface area contributed by atoms with E-state index in [9.17, 15) is 9.18 Å². The van der Waals surface area contributed by atoms with Crippen LogP contribution in [0.1, 0.15) is 18.4 Å². The molecule has 0 heterocycles. The Bertz CT molecular complexity index is 805. The molecule has 0 unspecified atom stereocenters. The Labute approximate surface area is 176 Å². The molecule has 1 aromatic rings. The number of hydrazone groups is 1. The SMILES string of the molecule is C=C(F)/C(=N\NCC1CC1)C(=O)Nc1ccc(OCCN)c(/C(=C/CNC)NC)c1. The van der Waals surface area contributed by atoms with Gasteiger partial charge in [0.25, 0.3) is 5.91 Å². The topological polar surface area (TPSA) is 113 Å². The van der Waals surface area contributed by atoms with Crippen LogP contribution in [0.4, 0.5) is 10.1 Å². The summed E-state index contributed by atoms with van der Waals surface area (Å²) < 4.78 is 19.5. The van der Waals surface area contributed by atoms with Crippen LogP contribution in [-0.2, 0) is 4.79 Å². The quantitative estimate of drug-likeness (QED) is 0.246. The van der Waals surface area contributed by atoms with Crippen molar-refractivity contribution in [2.45, 2.75) is 12.8 Å². The molecular weight excluding hydrogens is 387 g/mol. The molecule has 164 valence electrons. The summed E-state index contributed by atoms with van der Waals surface area (Å²) in [5.74, 6) is -0.426. The highest BCUT2D eigenvalue weighted by Crippen LogP contribution is 2.29. The van der Waals surface area contributed by atoms with E-state index in [1.54, 1.807) is 25.2 Å². The molecule has 1 aliphatic rings. The first-order chi connectivity index (χ1) is 14.5. The van der Waals surface area contributed by atoms with E-state index in [0.717, 1.165) is 24.1 Å². The van der Waals surface area contributed by atoms with Gasteiger partial charge in [0.05, 0.1) is 0 Å². The van der Waals surface area contributed by atoms with Gasteiger partial charge in [-0.3, -0.25) is 4.79 Å². The Morgan fingerprint density at radius 1 is 1.40 bits per heavy atom. The monoisotopic (exact) mass is 418 g/mol. The van der Waals surface area contributed by atoms with Crippen LogP contribution in [0.2, 0.25) is 0 Å². The van der Waals surface area contributed by atoms with Crippen molar-refractivity contribution in [1.29, 1.82) is 0 Å². The number of benzene rings is 1. The van der Waals surface area contributed by atoms with E-state index in [0.29, 0.717) is 43.6 Å². The summed E-state index contributed by atoms with van der Waals surface area (Å²) in [6, 6.07) is 5.16. The Morgan fingerprint density at radius 3 is 2.77 bits per heavy atom. The zero-order chi connectivity index (χ0) is 21.9. The maximum Gasteiger partial charge on any atom is 0.279 e. The molecule has 1 amide bonds. The van der Waals surface area contributed by atoms with Gasteiger partial charge in [0, 0.05) is 43.6 Å². The van der Waals surface area contributed by atoms with E-state index in [2.05, 4.69) is 33.1 Å². The molecule has 2 rings (SSSR count). The molecule has 0 aliphatic heterocycles. The van der Waals surface area contributed by atoms with Crippen LogP contribution in [0, 0.1) is 5.92 Å². The fourth-order valence-electron chi connectivity index (χ4n) is 2.66. The standard InChI is InChI=1S/C21H31FN6O2/c1-14(22)20(28-26-13-15-4-5-15)21(29)27-16-6-7-19(30-11-9-23)17(12-16)18(25-3)8-10-24-2/h6-8,12,15,24-26H,1,4-5,9-11,13,23H2,2-3H3,(H,27,29)/b18-8-,28-20+. The molecule has 1 saturated carbocycles. The lowest BCUT2D eigenvalue weighted by atomic mass is 10.1. The number of likely N-dealkylation sites (N-methyl/N-ethyl adjacent to an activating group) is 1. The molecule has 1 aliphatic carbocycles. The van der Waals surface area contributed by atoms with Crippen molar-refractivity contribution in [1.82, 2.24) is 16.1 Å². The third-order valence-corrected chi connectivity index (χ3v) is 4.42. The number of hydrogen-bond donors (Lipinski definition) is 5. The molecule has 0 bridgehead atoms. The molecule has 0 saturated heterocycles. The predicted octanol–water partition coefficient (Wildman–Crippen LogP) is 1.58. The van der Waals surface area contributed by atoms with E-state index >= 15 is 0 Å². The van der Waals surface area contributed by atoms with E-state index in [4.69, 9.17) is 10.5 Å². The second-order valence-corrected chi connectivity index (χ2v) is 6.90. The first kappa shape index (κ1) is 23.4. The van der Waals surface area contributed by atoms with Crippen LogP contribution in [0.15, 0.2) is 41.8 Å². The molecule has 30 heavy (non-hydrogen) atoms. The van der Waals surface area contributed by atoms with Gasteiger partial charge in [0.1, 0.15) is 18.2 Å². The number of nitrogens with one attached hydrogen (secondary N) is 4. The number of carbonyl (C=O) groups is 1. The fourth-order valence-corrected chi connectivity index (χ4v) is 2.66. The minimum Gasteiger partial charge on any atom is -0.492 e. The van der Waals surface area contributed by atoms with Crippen LogP contribution >= 0.6 is 0 Å². The number of amides is 1. The number of rotatable bonds is 13. The summed E-state index contributed by atoms with van der Waals surface area (Å²) in [5.41, 5.74) is 9.95. The zero-order valence-corrected chi connectivity index (χ0v) is 17.6. The van der Waals surface area contributed by atoms with E-state index in [1.165, 1.54) is 0 Å². The van der Waals surface area contributed by atoms with Crippen molar-refractivity contribution in [3.63, 3.8) is 0 Å². The minimum atomic E-state index is -0.899. The lowest BCUT2D eigenvalue weighted by molar-refractivity contribution is -0.110. The molecule has 0 atom stereocenters. The molecular formula is C21H31FN6O2. The Morgan fingerprint density at radius 2 is 2.17 bits per heavy atom. The predicted molar refractivity (Wildman–Crippen MR) is 119 cm³/mol. The first-order valence-electron chi connectivity index (χ1n) is 9.96. The number of halogens is 1. The minimum absolute atomic E-state index is 0.354. The number of anilines is 1. The van der Waals surface area contributed by atoms with Crippen LogP contribution < -0.4 is 31.8 Å². The van der Waals surface area contributed by atoms with Crippen molar-refractivity contribution in [2.75, 3.05) is 45.7 Å². The van der Waals surface area contributed by atoms with Crippen molar-refractivity contribution in [2.24, 2.45) is 16.8 Å². The average Bonchev–Trinajstić information content (AvgIpc) is 3.55. The number of hydrogen-bond acceptors (Lipinski definition) is 7. The van der Waals surface area contributed by atoms with Gasteiger partial charge in [-0.25, -0.2) is 4.39 Å². The van der Waals surface area contributed by atoms with Gasteiger partial charge in [0.15, 0.2) is 5.71 Å². The number of nitrogens with zero attached hydrogens (tertiary/aromatic N) is 1. The van der Waals surface area contributed by atoms with E-state index < -0.39 is 11.7 Å². The summed E-state index contributed by atoms with van der Waals surface area (Å²) in [5, 5.41) is 12.7. The lowest BCUT2D eigenvalue weighted by Crippen LogP contribution is -2.26. The normalized spacial score (nSPS) is 14.3. The van der Waals surface area contributed by atoms with Gasteiger partial charge in [-0.05, 0) is 50.1 Å². The summed E-state index contributed by atoms with van der Waals surface area (Å²) in [6.45, 7) is 5.19. The van der Waals surface area contributed by atoms with Gasteiger partial charge in [-0.15, -0.1) is 0 Å². The largest absolute Gasteiger partial charge is 0.492 e. The highest BCUT2D eigenvalue weighted by atomic mass is 19.1. The Kier molecular flexibility index (Phi) is 9.30. The number of ether oxygens (including phenoxy) is 1. The third-order valence-electron chi connectivity index (χ3n) is 4.42. The fraction of sp³-hybridized carbons (Fsp3) is 0.429. The summed E-state index contributed by atoms with van der Waals surface area (Å²) in [7, 11) is 3.64. The van der Waals surface area contributed by atoms with Crippen LogP contribution in [-0.4, -0.2) is 52.0 Å². The maximum atomic E-state index is 13.8. The number of nitrogens with two attached hydrogens (primary N) is 1. The van der Waals surface area contributed by atoms with Gasteiger partial charge < -0.3 is 31.8 Å². The van der Waals surface area contributed by atoms with Crippen LogP contribution in [0.5, 0.6) is 5.75 Å². The zero-order valence-electron chi connectivity index (χ0n) is 17.6. The van der Waals surface area contributed by atoms with Crippen molar-refractivity contribution in [3.8, 4) is 5.75 Å². The summed E-state index contributed by atoms with van der Waals surface area (Å²) in [4.78, 5) is 12.6. The van der Waals surface area contributed by atoms with E-state index in [1.807, 2.05) is 13.1 Å². The maximum absolute atomic E-state index is 13.8. The molecule has 6 N–H and O–H groups in total. The highest BCUT2D eigenvalue weighted by Gasteiger charge is 2.22. The van der Waals surface area contributed by atoms with Gasteiger partial charge >= 0.3 is 0 Å². The van der Waals surface area contributed by atoms with Crippen molar-refractivity contribution >= 4 is 23.0 Å². The van der Waals surface area contributed by atoms with E-state index in [-0.39, 0.29) is 5.71 Å². The lowest BCUT2D eigenvalue weighted by Gasteiger charge is -2.16. The first-order valence-corrected chi connectivity index (χ1v) is 9.96. The Balaban J connectivity index is 2.23. The molecule has 0 radical (unpaired) electrons. The van der Waals surface area contributed by atoms with Gasteiger partial charge in [-0.2, -0.15) is 5.10 Å². The summed E-state index contributed by atoms with van der Waals surface area (Å²) >= 11 is 0. The average molecular weight is 419 g/mol. The molecule has 1 fully saturated rings. The molecule has 9 heteroatoms. The molecule has 0 aromatic heterocycles. The summed E-state index contributed by atoms with van der Waals surface area (Å²) in [6.07, 6.45) is 4.20. The molecule has 8 nitrogen and oxygen atoms in total. The Hall–Kier alpha value is -2.91.